The third-order valence-corrected chi connectivity index (χ3v) is 7.21. The van der Waals surface area contributed by atoms with Gasteiger partial charge in [-0.3, -0.25) is 9.59 Å². The van der Waals surface area contributed by atoms with Gasteiger partial charge in [0.05, 0.1) is 0 Å². The fourth-order valence-electron chi connectivity index (χ4n) is 6.22. The van der Waals surface area contributed by atoms with Gasteiger partial charge < -0.3 is 24.1 Å². The molecule has 1 saturated heterocycles. The number of hydrogen-bond acceptors (Lipinski definition) is 8. The van der Waals surface area contributed by atoms with E-state index in [-0.39, 0.29) is 17.9 Å². The average molecular weight is 398 g/mol. The van der Waals surface area contributed by atoms with Crippen LogP contribution in [-0.4, -0.2) is 53.2 Å². The van der Waals surface area contributed by atoms with Crippen LogP contribution >= 0.6 is 0 Å². The second-order valence-electron chi connectivity index (χ2n) is 9.46. The van der Waals surface area contributed by atoms with Crippen molar-refractivity contribution in [2.75, 3.05) is 6.61 Å². The van der Waals surface area contributed by atoms with Crippen LogP contribution in [-0.2, 0) is 28.5 Å². The molecule has 8 heteroatoms. The van der Waals surface area contributed by atoms with E-state index in [4.69, 9.17) is 18.9 Å². The summed E-state index contributed by atoms with van der Waals surface area (Å²) >= 11 is 0. The van der Waals surface area contributed by atoms with E-state index < -0.39 is 46.9 Å². The van der Waals surface area contributed by atoms with Crippen molar-refractivity contribution >= 4 is 18.1 Å². The van der Waals surface area contributed by atoms with Crippen LogP contribution in [0.1, 0.15) is 60.8 Å². The van der Waals surface area contributed by atoms with E-state index in [1.54, 1.807) is 0 Å². The summed E-state index contributed by atoms with van der Waals surface area (Å²) in [7, 11) is 0. The summed E-state index contributed by atoms with van der Waals surface area (Å²) in [4.78, 5) is 35.9. The largest absolute Gasteiger partial charge is 0.509 e. The van der Waals surface area contributed by atoms with Crippen molar-refractivity contribution in [3.63, 3.8) is 0 Å². The maximum absolute atomic E-state index is 12.0. The Morgan fingerprint density at radius 3 is 2.18 bits per heavy atom. The smallest absolute Gasteiger partial charge is 0.458 e. The van der Waals surface area contributed by atoms with Crippen molar-refractivity contribution in [1.82, 2.24) is 0 Å². The predicted molar refractivity (Wildman–Crippen MR) is 96.1 cm³/mol. The quantitative estimate of drug-likeness (QED) is 0.558. The highest BCUT2D eigenvalue weighted by molar-refractivity contribution is 5.68. The molecule has 1 spiro atoms. The number of hydrogen-bond donors (Lipinski definition) is 1. The molecule has 0 aromatic rings. The normalized spacial score (nSPS) is 44.2. The Morgan fingerprint density at radius 1 is 1.07 bits per heavy atom. The van der Waals surface area contributed by atoms with Crippen LogP contribution in [0.4, 0.5) is 4.79 Å². The second-order valence-corrected chi connectivity index (χ2v) is 9.46. The summed E-state index contributed by atoms with van der Waals surface area (Å²) in [5.74, 6) is -1.49. The van der Waals surface area contributed by atoms with Gasteiger partial charge in [0.1, 0.15) is 18.3 Å². The van der Waals surface area contributed by atoms with Gasteiger partial charge in [-0.05, 0) is 25.2 Å². The molecule has 0 radical (unpaired) electrons. The first kappa shape index (κ1) is 20.9. The molecular weight excluding hydrogens is 368 g/mol. The molecular formula is C20H30O8. The van der Waals surface area contributed by atoms with Crippen molar-refractivity contribution in [2.24, 2.45) is 16.7 Å². The topological polar surface area (TPSA) is 108 Å². The maximum atomic E-state index is 12.0. The Labute approximate surface area is 164 Å². The first-order chi connectivity index (χ1) is 12.8. The van der Waals surface area contributed by atoms with Crippen LogP contribution in [0.15, 0.2) is 0 Å². The Morgan fingerprint density at radius 2 is 1.68 bits per heavy atom. The van der Waals surface area contributed by atoms with Crippen LogP contribution in [0.2, 0.25) is 0 Å². The lowest BCUT2D eigenvalue weighted by atomic mass is 9.42. The van der Waals surface area contributed by atoms with E-state index in [1.165, 1.54) is 20.8 Å². The summed E-state index contributed by atoms with van der Waals surface area (Å²) in [5.41, 5.74) is -4.36. The van der Waals surface area contributed by atoms with Gasteiger partial charge in [-0.2, -0.15) is 0 Å². The van der Waals surface area contributed by atoms with E-state index in [9.17, 15) is 19.5 Å². The first-order valence-electron chi connectivity index (χ1n) is 9.71. The van der Waals surface area contributed by atoms with E-state index in [1.807, 2.05) is 6.92 Å². The SMILES string of the molecule is CC(=O)O[C@H]1[C@H]2C(C)(C)CCC[C@]2(C)[C@@]2(COC(=O)O2)[C@](C)(O)[C@H]1OC(C)=O. The van der Waals surface area contributed by atoms with Crippen molar-refractivity contribution in [1.29, 1.82) is 0 Å². The lowest BCUT2D eigenvalue weighted by Gasteiger charge is -2.66. The fourth-order valence-corrected chi connectivity index (χ4v) is 6.22. The van der Waals surface area contributed by atoms with Gasteiger partial charge in [-0.15, -0.1) is 0 Å². The maximum Gasteiger partial charge on any atom is 0.509 e. The zero-order valence-electron chi connectivity index (χ0n) is 17.4. The molecule has 1 aliphatic heterocycles. The molecule has 8 nitrogen and oxygen atoms in total. The molecule has 2 aliphatic carbocycles. The minimum atomic E-state index is -1.83. The third kappa shape index (κ3) is 2.71. The van der Waals surface area contributed by atoms with Gasteiger partial charge in [0.25, 0.3) is 0 Å². The summed E-state index contributed by atoms with van der Waals surface area (Å²) in [6.45, 7) is 9.87. The molecule has 158 valence electrons. The summed E-state index contributed by atoms with van der Waals surface area (Å²) in [5, 5.41) is 11.7. The third-order valence-electron chi connectivity index (χ3n) is 7.21. The highest BCUT2D eigenvalue weighted by Crippen LogP contribution is 2.66. The van der Waals surface area contributed by atoms with Crippen LogP contribution in [0.5, 0.6) is 0 Å². The lowest BCUT2D eigenvalue weighted by Crippen LogP contribution is -2.80. The molecule has 3 rings (SSSR count). The molecule has 28 heavy (non-hydrogen) atoms. The van der Waals surface area contributed by atoms with Crippen molar-refractivity contribution in [3.05, 3.63) is 0 Å². The van der Waals surface area contributed by atoms with Gasteiger partial charge in [0.15, 0.2) is 11.7 Å². The molecule has 3 aliphatic rings. The van der Waals surface area contributed by atoms with Gasteiger partial charge in [-0.1, -0.05) is 27.2 Å². The van der Waals surface area contributed by atoms with Crippen LogP contribution in [0.3, 0.4) is 0 Å². The molecule has 1 heterocycles. The highest BCUT2D eigenvalue weighted by atomic mass is 16.8. The molecule has 1 N–H and O–H groups in total. The van der Waals surface area contributed by atoms with Crippen LogP contribution in [0, 0.1) is 16.7 Å². The minimum Gasteiger partial charge on any atom is -0.458 e. The lowest BCUT2D eigenvalue weighted by molar-refractivity contribution is -0.324. The second kappa shape index (κ2) is 6.34. The Bertz CT molecular complexity index is 698. The van der Waals surface area contributed by atoms with E-state index in [2.05, 4.69) is 13.8 Å². The van der Waals surface area contributed by atoms with Crippen molar-refractivity contribution < 1.29 is 38.4 Å². The molecule has 3 fully saturated rings. The number of ether oxygens (including phenoxy) is 4. The Hall–Kier alpha value is -1.83. The Kier molecular flexibility index (Phi) is 4.73. The molecule has 0 amide bonds. The zero-order valence-corrected chi connectivity index (χ0v) is 17.4. The Balaban J connectivity index is 2.25. The summed E-state index contributed by atoms with van der Waals surface area (Å²) < 4.78 is 22.1. The minimum absolute atomic E-state index is 0.160. The molecule has 2 saturated carbocycles. The monoisotopic (exact) mass is 398 g/mol. The first-order valence-corrected chi connectivity index (χ1v) is 9.71. The number of rotatable bonds is 2. The van der Waals surface area contributed by atoms with Crippen molar-refractivity contribution in [2.45, 2.75) is 84.2 Å². The highest BCUT2D eigenvalue weighted by Gasteiger charge is 2.79. The standard InChI is InChI=1S/C20H30O8/c1-11(21)26-13-14-17(3,4)8-7-9-18(14,5)20(10-25-16(23)28-20)19(6,24)15(13)27-12(2)22/h13-15,24H,7-10H2,1-6H3/t13-,14-,15-,18-,19+,20-/m0/s1. The van der Waals surface area contributed by atoms with E-state index >= 15 is 0 Å². The van der Waals surface area contributed by atoms with Gasteiger partial charge in [-0.25, -0.2) is 4.79 Å². The number of carbonyl (C=O) groups is 3. The van der Waals surface area contributed by atoms with Crippen molar-refractivity contribution in [3.8, 4) is 0 Å². The van der Waals surface area contributed by atoms with E-state index in [0.29, 0.717) is 6.42 Å². The van der Waals surface area contributed by atoms with Crippen LogP contribution < -0.4 is 0 Å². The summed E-state index contributed by atoms with van der Waals surface area (Å²) in [6, 6.07) is 0. The van der Waals surface area contributed by atoms with Gasteiger partial charge in [0, 0.05) is 25.2 Å². The predicted octanol–water partition coefficient (Wildman–Crippen LogP) is 2.35. The molecule has 0 aromatic carbocycles. The fraction of sp³-hybridized carbons (Fsp3) is 0.850. The molecule has 0 aromatic heterocycles. The van der Waals surface area contributed by atoms with Gasteiger partial charge in [0.2, 0.25) is 0 Å². The number of cyclic esters (lactones) is 1. The summed E-state index contributed by atoms with van der Waals surface area (Å²) in [6.07, 6.45) is -0.624. The molecule has 6 atom stereocenters. The molecule has 0 bridgehead atoms. The number of fused-ring (bicyclic) bond motifs is 2. The number of carbonyl (C=O) groups excluding carboxylic acids is 3. The van der Waals surface area contributed by atoms with Gasteiger partial charge >= 0.3 is 18.1 Å². The zero-order chi connectivity index (χ0) is 21.1. The van der Waals surface area contributed by atoms with E-state index in [0.717, 1.165) is 12.8 Å². The molecule has 0 unspecified atom stereocenters. The average Bonchev–Trinajstić information content (AvgIpc) is 2.93. The number of aliphatic hydroxyl groups is 1. The number of esters is 2. The van der Waals surface area contributed by atoms with Crippen LogP contribution in [0.25, 0.3) is 0 Å².